The topological polar surface area (TPSA) is 21.3 Å². The third-order valence-corrected chi connectivity index (χ3v) is 4.15. The Balaban J connectivity index is 0.00000176. The van der Waals surface area contributed by atoms with E-state index in [0.29, 0.717) is 16.7 Å². The minimum absolute atomic E-state index is 0. The van der Waals surface area contributed by atoms with Gasteiger partial charge in [0.15, 0.2) is 0 Å². The van der Waals surface area contributed by atoms with E-state index in [1.165, 1.54) is 6.07 Å². The van der Waals surface area contributed by atoms with Crippen LogP contribution in [-0.2, 0) is 0 Å². The molecule has 2 aromatic carbocycles. The van der Waals surface area contributed by atoms with Gasteiger partial charge in [0, 0.05) is 24.0 Å². The molecule has 0 unspecified atom stereocenters. The molecule has 0 saturated carbocycles. The molecular weight excluding hydrogens is 348 g/mol. The van der Waals surface area contributed by atoms with Crippen LogP contribution in [0.3, 0.4) is 0 Å². The summed E-state index contributed by atoms with van der Waals surface area (Å²) in [5, 5.41) is 3.99. The van der Waals surface area contributed by atoms with Crippen molar-refractivity contribution in [2.75, 3.05) is 13.1 Å². The van der Waals surface area contributed by atoms with Gasteiger partial charge in [0.05, 0.1) is 5.02 Å². The fraction of sp³-hybridized carbons (Fsp3) is 0.250. The molecule has 1 fully saturated rings. The van der Waals surface area contributed by atoms with Gasteiger partial charge in [-0.1, -0.05) is 29.3 Å². The van der Waals surface area contributed by atoms with Crippen LogP contribution in [0.5, 0.6) is 5.75 Å². The first-order chi connectivity index (χ1) is 10.1. The lowest BCUT2D eigenvalue weighted by atomic mass is 9.90. The van der Waals surface area contributed by atoms with Crippen molar-refractivity contribution >= 4 is 35.6 Å². The molecule has 1 aliphatic heterocycles. The molecule has 0 aromatic heterocycles. The van der Waals surface area contributed by atoms with Crippen molar-refractivity contribution in [1.29, 1.82) is 0 Å². The number of rotatable bonds is 4. The smallest absolute Gasteiger partial charge is 0.142 e. The van der Waals surface area contributed by atoms with Crippen molar-refractivity contribution in [1.82, 2.24) is 5.32 Å². The summed E-state index contributed by atoms with van der Waals surface area (Å²) in [6.07, 6.45) is -0.209. The van der Waals surface area contributed by atoms with Crippen molar-refractivity contribution in [3.05, 3.63) is 63.9 Å². The molecule has 1 heterocycles. The second kappa shape index (κ2) is 7.51. The Morgan fingerprint density at radius 3 is 2.32 bits per heavy atom. The molecule has 2 nitrogen and oxygen atoms in total. The van der Waals surface area contributed by atoms with Gasteiger partial charge in [-0.2, -0.15) is 0 Å². The van der Waals surface area contributed by atoms with Gasteiger partial charge < -0.3 is 10.1 Å². The average molecular weight is 363 g/mol. The van der Waals surface area contributed by atoms with Crippen molar-refractivity contribution < 1.29 is 9.13 Å². The van der Waals surface area contributed by atoms with Crippen molar-refractivity contribution in [2.24, 2.45) is 5.92 Å². The Morgan fingerprint density at radius 2 is 1.77 bits per heavy atom. The minimum atomic E-state index is -0.425. The first-order valence-corrected chi connectivity index (χ1v) is 7.47. The highest BCUT2D eigenvalue weighted by Crippen LogP contribution is 2.32. The van der Waals surface area contributed by atoms with Crippen LogP contribution in [0.15, 0.2) is 42.5 Å². The van der Waals surface area contributed by atoms with Gasteiger partial charge in [0.25, 0.3) is 0 Å². The summed E-state index contributed by atoms with van der Waals surface area (Å²) in [6.45, 7) is 1.70. The molecule has 6 heteroatoms. The summed E-state index contributed by atoms with van der Waals surface area (Å²) in [5.74, 6) is 0.596. The maximum Gasteiger partial charge on any atom is 0.142 e. The van der Waals surface area contributed by atoms with Gasteiger partial charge in [-0.05, 0) is 42.0 Å². The predicted octanol–water partition coefficient (Wildman–Crippen LogP) is 4.89. The van der Waals surface area contributed by atoms with E-state index in [1.807, 2.05) is 18.2 Å². The zero-order valence-corrected chi connectivity index (χ0v) is 13.9. The maximum atomic E-state index is 13.7. The summed E-state index contributed by atoms with van der Waals surface area (Å²) in [4.78, 5) is 0. The Labute approximate surface area is 145 Å². The molecule has 0 bridgehead atoms. The summed E-state index contributed by atoms with van der Waals surface area (Å²) in [5.41, 5.74) is 0.790. The molecule has 2 aromatic rings. The van der Waals surface area contributed by atoms with Crippen LogP contribution in [0.4, 0.5) is 4.39 Å². The summed E-state index contributed by atoms with van der Waals surface area (Å²) in [7, 11) is 0. The highest BCUT2D eigenvalue weighted by atomic mass is 35.5. The largest absolute Gasteiger partial charge is 0.485 e. The summed E-state index contributed by atoms with van der Waals surface area (Å²) < 4.78 is 19.7. The van der Waals surface area contributed by atoms with E-state index in [4.69, 9.17) is 27.9 Å². The van der Waals surface area contributed by atoms with Crippen molar-refractivity contribution in [3.8, 4) is 5.75 Å². The number of hydrogen-bond donors (Lipinski definition) is 1. The van der Waals surface area contributed by atoms with Gasteiger partial charge in [-0.25, -0.2) is 4.39 Å². The zero-order chi connectivity index (χ0) is 14.8. The van der Waals surface area contributed by atoms with E-state index in [-0.39, 0.29) is 23.5 Å². The molecular formula is C16H15Cl3FNO. The molecule has 0 aliphatic carbocycles. The molecule has 0 spiro atoms. The SMILES string of the molecule is Cl.Fc1cc([C@H](Oc2ccc(Cl)cc2)C2CNC2)ccc1Cl. The summed E-state index contributed by atoms with van der Waals surface area (Å²) in [6, 6.07) is 12.0. The fourth-order valence-corrected chi connectivity index (χ4v) is 2.55. The highest BCUT2D eigenvalue weighted by Gasteiger charge is 2.30. The number of benzene rings is 2. The fourth-order valence-electron chi connectivity index (χ4n) is 2.31. The monoisotopic (exact) mass is 361 g/mol. The number of halogens is 4. The van der Waals surface area contributed by atoms with Gasteiger partial charge in [0.1, 0.15) is 17.7 Å². The maximum absolute atomic E-state index is 13.7. The molecule has 3 rings (SSSR count). The lowest BCUT2D eigenvalue weighted by molar-refractivity contribution is 0.0990. The van der Waals surface area contributed by atoms with E-state index >= 15 is 0 Å². The van der Waals surface area contributed by atoms with E-state index < -0.39 is 5.82 Å². The normalized spacial score (nSPS) is 15.6. The van der Waals surface area contributed by atoms with Gasteiger partial charge in [-0.3, -0.25) is 0 Å². The van der Waals surface area contributed by atoms with Crippen LogP contribution in [0.1, 0.15) is 11.7 Å². The summed E-state index contributed by atoms with van der Waals surface area (Å²) >= 11 is 11.6. The standard InChI is InChI=1S/C16H14Cl2FNO.ClH/c17-12-2-4-13(5-3-12)21-16(11-8-20-9-11)10-1-6-14(18)15(19)7-10;/h1-7,11,16,20H,8-9H2;1H/t16-;/m0./s1. The Bertz CT molecular complexity index is 632. The lowest BCUT2D eigenvalue weighted by Crippen LogP contribution is -2.46. The lowest BCUT2D eigenvalue weighted by Gasteiger charge is -2.35. The number of hydrogen-bond acceptors (Lipinski definition) is 2. The molecule has 118 valence electrons. The van der Waals surface area contributed by atoms with Crippen LogP contribution in [-0.4, -0.2) is 13.1 Å². The Morgan fingerprint density at radius 1 is 1.09 bits per heavy atom. The molecule has 1 saturated heterocycles. The molecule has 0 radical (unpaired) electrons. The van der Waals surface area contributed by atoms with Crippen LogP contribution in [0.25, 0.3) is 0 Å². The highest BCUT2D eigenvalue weighted by molar-refractivity contribution is 6.30. The predicted molar refractivity (Wildman–Crippen MR) is 89.8 cm³/mol. The van der Waals surface area contributed by atoms with Crippen LogP contribution >= 0.6 is 35.6 Å². The van der Waals surface area contributed by atoms with Crippen LogP contribution in [0.2, 0.25) is 10.0 Å². The van der Waals surface area contributed by atoms with E-state index in [0.717, 1.165) is 18.7 Å². The van der Waals surface area contributed by atoms with E-state index in [2.05, 4.69) is 5.32 Å². The zero-order valence-electron chi connectivity index (χ0n) is 11.6. The first kappa shape index (κ1) is 17.4. The Kier molecular flexibility index (Phi) is 5.93. The molecule has 0 amide bonds. The second-order valence-electron chi connectivity index (χ2n) is 5.08. The minimum Gasteiger partial charge on any atom is -0.485 e. The average Bonchev–Trinajstić information content (AvgIpc) is 2.41. The first-order valence-electron chi connectivity index (χ1n) is 6.71. The van der Waals surface area contributed by atoms with Crippen LogP contribution < -0.4 is 10.1 Å². The molecule has 1 N–H and O–H groups in total. The van der Waals surface area contributed by atoms with Gasteiger partial charge >= 0.3 is 0 Å². The van der Waals surface area contributed by atoms with Gasteiger partial charge in [0.2, 0.25) is 0 Å². The Hall–Kier alpha value is -1.00. The third kappa shape index (κ3) is 3.85. The quantitative estimate of drug-likeness (QED) is 0.836. The number of ether oxygens (including phenoxy) is 1. The van der Waals surface area contributed by atoms with E-state index in [9.17, 15) is 4.39 Å². The molecule has 1 atom stereocenters. The molecule has 22 heavy (non-hydrogen) atoms. The third-order valence-electron chi connectivity index (χ3n) is 3.59. The second-order valence-corrected chi connectivity index (χ2v) is 5.93. The molecule has 1 aliphatic rings. The van der Waals surface area contributed by atoms with Gasteiger partial charge in [-0.15, -0.1) is 12.4 Å². The number of nitrogens with one attached hydrogen (secondary N) is 1. The van der Waals surface area contributed by atoms with Crippen molar-refractivity contribution in [2.45, 2.75) is 6.10 Å². The van der Waals surface area contributed by atoms with Crippen molar-refractivity contribution in [3.63, 3.8) is 0 Å². The van der Waals surface area contributed by atoms with E-state index in [1.54, 1.807) is 18.2 Å². The van der Waals surface area contributed by atoms with Crippen LogP contribution in [0, 0.1) is 11.7 Å².